The fourth-order valence-electron chi connectivity index (χ4n) is 4.06. The first-order valence-electron chi connectivity index (χ1n) is 10.3. The van der Waals surface area contributed by atoms with Gasteiger partial charge in [0.15, 0.2) is 0 Å². The van der Waals surface area contributed by atoms with Crippen molar-refractivity contribution < 1.29 is 9.53 Å². The summed E-state index contributed by atoms with van der Waals surface area (Å²) < 4.78 is 5.93. The van der Waals surface area contributed by atoms with Gasteiger partial charge in [0.2, 0.25) is 5.91 Å². The topological polar surface area (TPSA) is 45.7 Å². The van der Waals surface area contributed by atoms with Crippen LogP contribution in [0.5, 0.6) is 5.75 Å². The Morgan fingerprint density at radius 1 is 1.29 bits per heavy atom. The number of carbonyl (C=O) groups is 1. The standard InChI is InChI=1S/C22H29N3O2S/c1-16-5-3-11-24(16)12-4-14-27-19-8-6-18(7-9-19)22-23-20-10-13-25(17(2)26)15-21(20)28-22/h6-9,16H,3-5,10-15H2,1-2H3. The van der Waals surface area contributed by atoms with Crippen LogP contribution < -0.4 is 4.74 Å². The lowest BCUT2D eigenvalue weighted by molar-refractivity contribution is -0.129. The summed E-state index contributed by atoms with van der Waals surface area (Å²) in [5.74, 6) is 1.06. The Morgan fingerprint density at radius 3 is 2.82 bits per heavy atom. The van der Waals surface area contributed by atoms with Gasteiger partial charge < -0.3 is 14.5 Å². The Morgan fingerprint density at radius 2 is 2.11 bits per heavy atom. The van der Waals surface area contributed by atoms with E-state index in [1.807, 2.05) is 17.0 Å². The molecule has 1 fully saturated rings. The summed E-state index contributed by atoms with van der Waals surface area (Å²) >= 11 is 1.70. The molecule has 150 valence electrons. The molecule has 2 aliphatic rings. The van der Waals surface area contributed by atoms with E-state index in [2.05, 4.69) is 24.0 Å². The highest BCUT2D eigenvalue weighted by molar-refractivity contribution is 7.15. The number of aromatic nitrogens is 1. The Hall–Kier alpha value is -1.92. The van der Waals surface area contributed by atoms with Crippen LogP contribution in [0, 0.1) is 0 Å². The Bertz CT molecular complexity index is 818. The van der Waals surface area contributed by atoms with E-state index in [4.69, 9.17) is 9.72 Å². The van der Waals surface area contributed by atoms with Crippen LogP contribution in [0.2, 0.25) is 0 Å². The molecule has 1 atom stereocenters. The van der Waals surface area contributed by atoms with Crippen molar-refractivity contribution in [2.24, 2.45) is 0 Å². The summed E-state index contributed by atoms with van der Waals surface area (Å²) in [6, 6.07) is 8.98. The second-order valence-corrected chi connectivity index (χ2v) is 8.92. The van der Waals surface area contributed by atoms with Gasteiger partial charge >= 0.3 is 0 Å². The van der Waals surface area contributed by atoms with Crippen LogP contribution in [0.1, 0.15) is 43.7 Å². The number of amides is 1. The fraction of sp³-hybridized carbons (Fsp3) is 0.545. The summed E-state index contributed by atoms with van der Waals surface area (Å²) in [5, 5.41) is 1.03. The molecule has 2 aromatic rings. The number of hydrogen-bond donors (Lipinski definition) is 0. The number of carbonyl (C=O) groups excluding carboxylic acids is 1. The van der Waals surface area contributed by atoms with Crippen molar-refractivity contribution in [1.29, 1.82) is 0 Å². The number of thiazole rings is 1. The SMILES string of the molecule is CC(=O)N1CCc2nc(-c3ccc(OCCCN4CCCC4C)cc3)sc2C1. The van der Waals surface area contributed by atoms with E-state index in [0.717, 1.165) is 60.6 Å². The summed E-state index contributed by atoms with van der Waals surface area (Å²) in [7, 11) is 0. The van der Waals surface area contributed by atoms with Crippen LogP contribution in [0.15, 0.2) is 24.3 Å². The van der Waals surface area contributed by atoms with Gasteiger partial charge in [-0.25, -0.2) is 4.98 Å². The maximum atomic E-state index is 11.6. The second-order valence-electron chi connectivity index (χ2n) is 7.83. The number of fused-ring (bicyclic) bond motifs is 1. The first-order chi connectivity index (χ1) is 13.6. The molecule has 0 N–H and O–H groups in total. The Kier molecular flexibility index (Phi) is 5.97. The summed E-state index contributed by atoms with van der Waals surface area (Å²) in [5.41, 5.74) is 2.26. The lowest BCUT2D eigenvalue weighted by atomic mass is 10.2. The van der Waals surface area contributed by atoms with Crippen molar-refractivity contribution in [3.63, 3.8) is 0 Å². The smallest absolute Gasteiger partial charge is 0.219 e. The molecule has 0 saturated carbocycles. The van der Waals surface area contributed by atoms with Crippen LogP contribution in [0.3, 0.4) is 0 Å². The maximum absolute atomic E-state index is 11.6. The first-order valence-corrected chi connectivity index (χ1v) is 11.1. The molecule has 5 nitrogen and oxygen atoms in total. The molecule has 1 aromatic heterocycles. The van der Waals surface area contributed by atoms with Gasteiger partial charge in [-0.05, 0) is 57.0 Å². The van der Waals surface area contributed by atoms with Crippen LogP contribution in [0.4, 0.5) is 0 Å². The van der Waals surface area contributed by atoms with Crippen LogP contribution >= 0.6 is 11.3 Å². The van der Waals surface area contributed by atoms with Gasteiger partial charge in [0.25, 0.3) is 0 Å². The van der Waals surface area contributed by atoms with Crippen molar-refractivity contribution in [2.45, 2.75) is 52.1 Å². The molecule has 3 heterocycles. The van der Waals surface area contributed by atoms with Crippen molar-refractivity contribution in [3.05, 3.63) is 34.8 Å². The molecule has 2 aliphatic heterocycles. The van der Waals surface area contributed by atoms with Gasteiger partial charge in [-0.1, -0.05) is 0 Å². The van der Waals surface area contributed by atoms with Gasteiger partial charge in [0.05, 0.1) is 18.8 Å². The third-order valence-electron chi connectivity index (χ3n) is 5.83. The molecule has 6 heteroatoms. The van der Waals surface area contributed by atoms with Gasteiger partial charge in [-0.3, -0.25) is 4.79 Å². The zero-order valence-electron chi connectivity index (χ0n) is 16.8. The summed E-state index contributed by atoms with van der Waals surface area (Å²) in [6.07, 6.45) is 4.58. The zero-order chi connectivity index (χ0) is 19.5. The highest BCUT2D eigenvalue weighted by Crippen LogP contribution is 2.32. The van der Waals surface area contributed by atoms with Crippen LogP contribution in [0.25, 0.3) is 10.6 Å². The molecule has 1 aromatic carbocycles. The molecule has 0 radical (unpaired) electrons. The number of nitrogens with zero attached hydrogens (tertiary/aromatic N) is 3. The number of likely N-dealkylation sites (tertiary alicyclic amines) is 1. The zero-order valence-corrected chi connectivity index (χ0v) is 17.6. The fourth-order valence-corrected chi connectivity index (χ4v) is 5.19. The van der Waals surface area contributed by atoms with Gasteiger partial charge in [-0.15, -0.1) is 11.3 Å². The lowest BCUT2D eigenvalue weighted by Crippen LogP contribution is -2.33. The van der Waals surface area contributed by atoms with E-state index >= 15 is 0 Å². The van der Waals surface area contributed by atoms with E-state index in [0.29, 0.717) is 6.54 Å². The first kappa shape index (κ1) is 19.4. The second kappa shape index (κ2) is 8.62. The number of hydrogen-bond acceptors (Lipinski definition) is 5. The largest absolute Gasteiger partial charge is 0.494 e. The van der Waals surface area contributed by atoms with Crippen molar-refractivity contribution >= 4 is 17.2 Å². The summed E-state index contributed by atoms with van der Waals surface area (Å²) in [4.78, 5) is 22.1. The predicted molar refractivity (Wildman–Crippen MR) is 113 cm³/mol. The minimum absolute atomic E-state index is 0.140. The van der Waals surface area contributed by atoms with E-state index in [1.54, 1.807) is 18.3 Å². The van der Waals surface area contributed by atoms with E-state index in [-0.39, 0.29) is 5.91 Å². The van der Waals surface area contributed by atoms with Crippen LogP contribution in [-0.4, -0.2) is 53.0 Å². The molecular formula is C22H29N3O2S. The monoisotopic (exact) mass is 399 g/mol. The predicted octanol–water partition coefficient (Wildman–Crippen LogP) is 3.97. The minimum Gasteiger partial charge on any atom is -0.494 e. The Balaban J connectivity index is 1.31. The van der Waals surface area contributed by atoms with Crippen LogP contribution in [-0.2, 0) is 17.8 Å². The molecule has 1 unspecified atom stereocenters. The highest BCUT2D eigenvalue weighted by atomic mass is 32.1. The number of benzene rings is 1. The molecular weight excluding hydrogens is 370 g/mol. The molecule has 1 amide bonds. The molecule has 0 spiro atoms. The maximum Gasteiger partial charge on any atom is 0.219 e. The Labute approximate surface area is 171 Å². The van der Waals surface area contributed by atoms with Gasteiger partial charge in [0.1, 0.15) is 10.8 Å². The van der Waals surface area contributed by atoms with E-state index < -0.39 is 0 Å². The van der Waals surface area contributed by atoms with Crippen molar-refractivity contribution in [3.8, 4) is 16.3 Å². The van der Waals surface area contributed by atoms with Gasteiger partial charge in [0, 0.05) is 42.9 Å². The minimum atomic E-state index is 0.140. The van der Waals surface area contributed by atoms with Crippen molar-refractivity contribution in [2.75, 3.05) is 26.2 Å². The van der Waals surface area contributed by atoms with E-state index in [1.165, 1.54) is 24.3 Å². The molecule has 0 bridgehead atoms. The molecule has 1 saturated heterocycles. The molecule has 0 aliphatic carbocycles. The van der Waals surface area contributed by atoms with Gasteiger partial charge in [-0.2, -0.15) is 0 Å². The lowest BCUT2D eigenvalue weighted by Gasteiger charge is -2.24. The van der Waals surface area contributed by atoms with E-state index in [9.17, 15) is 4.79 Å². The molecule has 28 heavy (non-hydrogen) atoms. The summed E-state index contributed by atoms with van der Waals surface area (Å²) in [6.45, 7) is 8.54. The third kappa shape index (κ3) is 4.39. The molecule has 4 rings (SSSR count). The van der Waals surface area contributed by atoms with Crippen molar-refractivity contribution in [1.82, 2.24) is 14.8 Å². The average Bonchev–Trinajstić information content (AvgIpc) is 3.31. The number of rotatable bonds is 6. The number of ether oxygens (including phenoxy) is 1. The highest BCUT2D eigenvalue weighted by Gasteiger charge is 2.22. The average molecular weight is 400 g/mol. The quantitative estimate of drug-likeness (QED) is 0.690. The third-order valence-corrected chi connectivity index (χ3v) is 6.96. The normalized spacial score (nSPS) is 19.6.